The number of hydrogen-bond acceptors (Lipinski definition) is 3. The van der Waals surface area contributed by atoms with E-state index in [1.165, 1.54) is 4.90 Å². The maximum Gasteiger partial charge on any atom is 0.240 e. The maximum absolute atomic E-state index is 12.8. The molecule has 25 heavy (non-hydrogen) atoms. The van der Waals surface area contributed by atoms with Crippen molar-refractivity contribution in [2.75, 3.05) is 6.54 Å². The first-order chi connectivity index (χ1) is 12.1. The fourth-order valence-corrected chi connectivity index (χ4v) is 5.17. The van der Waals surface area contributed by atoms with E-state index in [1.807, 2.05) is 30.3 Å². The summed E-state index contributed by atoms with van der Waals surface area (Å²) in [7, 11) is 0. The van der Waals surface area contributed by atoms with Gasteiger partial charge in [-0.15, -0.1) is 0 Å². The van der Waals surface area contributed by atoms with Gasteiger partial charge in [-0.2, -0.15) is 0 Å². The van der Waals surface area contributed by atoms with Crippen LogP contribution in [0.2, 0.25) is 0 Å². The number of likely N-dealkylation sites (tertiary alicyclic amines) is 1. The lowest BCUT2D eigenvalue weighted by Gasteiger charge is -2.37. The highest BCUT2D eigenvalue weighted by Crippen LogP contribution is 2.65. The second-order valence-corrected chi connectivity index (χ2v) is 7.68. The van der Waals surface area contributed by atoms with Crippen LogP contribution in [0.1, 0.15) is 12.0 Å². The molecule has 3 fully saturated rings. The van der Waals surface area contributed by atoms with Crippen LogP contribution in [-0.2, 0) is 20.9 Å². The molecular weight excluding hydrogens is 316 g/mol. The third kappa shape index (κ3) is 2.18. The topological polar surface area (TPSA) is 66.5 Å². The van der Waals surface area contributed by atoms with E-state index in [9.17, 15) is 14.4 Å². The summed E-state index contributed by atoms with van der Waals surface area (Å²) in [5, 5.41) is 2.80. The Balaban J connectivity index is 1.27. The number of nitrogens with zero attached hydrogens (tertiary/aromatic N) is 1. The summed E-state index contributed by atoms with van der Waals surface area (Å²) < 4.78 is 0. The Hall–Kier alpha value is -2.43. The van der Waals surface area contributed by atoms with Crippen molar-refractivity contribution in [2.45, 2.75) is 13.0 Å². The molecule has 1 aromatic rings. The Morgan fingerprint density at radius 3 is 2.20 bits per heavy atom. The molecule has 2 bridgehead atoms. The highest BCUT2D eigenvalue weighted by Gasteiger charge is 2.67. The zero-order valence-electron chi connectivity index (χ0n) is 13.8. The van der Waals surface area contributed by atoms with Gasteiger partial charge in [-0.25, -0.2) is 0 Å². The van der Waals surface area contributed by atoms with Gasteiger partial charge < -0.3 is 5.32 Å². The van der Waals surface area contributed by atoms with Crippen molar-refractivity contribution in [1.82, 2.24) is 10.2 Å². The highest BCUT2D eigenvalue weighted by atomic mass is 16.2. The monoisotopic (exact) mass is 336 g/mol. The SMILES string of the molecule is O=C(CN1C(=O)[C@@H]2[C@H]3C=C[C@H]([C@H]4C[C@H]34)[C@@H]2C1=O)NCc1ccccc1. The van der Waals surface area contributed by atoms with Gasteiger partial charge in [0, 0.05) is 6.54 Å². The zero-order chi connectivity index (χ0) is 17.1. The predicted molar refractivity (Wildman–Crippen MR) is 89.7 cm³/mol. The van der Waals surface area contributed by atoms with Crippen molar-refractivity contribution in [2.24, 2.45) is 35.5 Å². The minimum atomic E-state index is -0.283. The van der Waals surface area contributed by atoms with Gasteiger partial charge in [0.05, 0.1) is 11.8 Å². The van der Waals surface area contributed by atoms with Crippen LogP contribution in [-0.4, -0.2) is 29.2 Å². The first kappa shape index (κ1) is 14.9. The zero-order valence-corrected chi connectivity index (χ0v) is 13.8. The average molecular weight is 336 g/mol. The number of benzene rings is 1. The van der Waals surface area contributed by atoms with E-state index in [0.29, 0.717) is 18.4 Å². The fourth-order valence-electron chi connectivity index (χ4n) is 5.17. The average Bonchev–Trinajstić information content (AvgIpc) is 3.42. The molecule has 6 rings (SSSR count). The van der Waals surface area contributed by atoms with Gasteiger partial charge in [-0.1, -0.05) is 42.5 Å². The molecular formula is C20H20N2O3. The van der Waals surface area contributed by atoms with E-state index in [1.54, 1.807) is 0 Å². The lowest BCUT2D eigenvalue weighted by Crippen LogP contribution is -2.41. The summed E-state index contributed by atoms with van der Waals surface area (Å²) >= 11 is 0. The van der Waals surface area contributed by atoms with Gasteiger partial charge in [0.1, 0.15) is 6.54 Å². The Bertz CT molecular complexity index is 751. The maximum atomic E-state index is 12.8. The van der Waals surface area contributed by atoms with Crippen LogP contribution in [0.3, 0.4) is 0 Å². The van der Waals surface area contributed by atoms with E-state index in [-0.39, 0.29) is 47.9 Å². The molecule has 0 aromatic heterocycles. The molecule has 6 atom stereocenters. The molecule has 128 valence electrons. The van der Waals surface area contributed by atoms with E-state index in [2.05, 4.69) is 17.5 Å². The molecule has 1 heterocycles. The van der Waals surface area contributed by atoms with Gasteiger partial charge in [0.15, 0.2) is 0 Å². The standard InChI is InChI=1S/C20H20N2O3/c23-16(21-9-11-4-2-1-3-5-11)10-22-19(24)17-12-6-7-13(15-8-14(12)15)18(17)20(22)25/h1-7,12-15,17-18H,8-10H2,(H,21,23)/t12-,13+,14-,15-,17+,18-/m1/s1. The number of hydrogen-bond donors (Lipinski definition) is 1. The van der Waals surface area contributed by atoms with Crippen molar-refractivity contribution >= 4 is 17.7 Å². The Morgan fingerprint density at radius 1 is 1.00 bits per heavy atom. The van der Waals surface area contributed by atoms with Crippen LogP contribution in [0, 0.1) is 35.5 Å². The first-order valence-electron chi connectivity index (χ1n) is 8.99. The molecule has 0 spiro atoms. The van der Waals surface area contributed by atoms with Crippen LogP contribution >= 0.6 is 0 Å². The van der Waals surface area contributed by atoms with Crippen molar-refractivity contribution in [3.63, 3.8) is 0 Å². The quantitative estimate of drug-likeness (QED) is 0.667. The predicted octanol–water partition coefficient (Wildman–Crippen LogP) is 1.36. The number of carbonyl (C=O) groups is 3. The largest absolute Gasteiger partial charge is 0.350 e. The van der Waals surface area contributed by atoms with E-state index in [4.69, 9.17) is 0 Å². The second kappa shape index (κ2) is 5.28. The lowest BCUT2D eigenvalue weighted by atomic mass is 9.63. The molecule has 1 aromatic carbocycles. The van der Waals surface area contributed by atoms with Crippen molar-refractivity contribution in [3.05, 3.63) is 48.0 Å². The first-order valence-corrected chi connectivity index (χ1v) is 8.99. The lowest BCUT2D eigenvalue weighted by molar-refractivity contribution is -0.143. The van der Waals surface area contributed by atoms with Crippen LogP contribution in [0.4, 0.5) is 0 Å². The van der Waals surface area contributed by atoms with Crippen molar-refractivity contribution in [3.8, 4) is 0 Å². The minimum Gasteiger partial charge on any atom is -0.350 e. The number of carbonyl (C=O) groups excluding carboxylic acids is 3. The van der Waals surface area contributed by atoms with Gasteiger partial charge >= 0.3 is 0 Å². The number of amides is 3. The van der Waals surface area contributed by atoms with Crippen LogP contribution in [0.5, 0.6) is 0 Å². The summed E-state index contributed by atoms with van der Waals surface area (Å²) in [6.07, 6.45) is 5.43. The molecule has 0 radical (unpaired) electrons. The minimum absolute atomic E-state index is 0.144. The molecule has 2 saturated carbocycles. The Morgan fingerprint density at radius 2 is 1.60 bits per heavy atom. The summed E-state index contributed by atoms with van der Waals surface area (Å²) in [5.74, 6) is 0.544. The highest BCUT2D eigenvalue weighted by molar-refractivity contribution is 6.08. The third-order valence-electron chi connectivity index (χ3n) is 6.39. The van der Waals surface area contributed by atoms with E-state index < -0.39 is 0 Å². The molecule has 5 nitrogen and oxygen atoms in total. The van der Waals surface area contributed by atoms with Crippen LogP contribution in [0.15, 0.2) is 42.5 Å². The van der Waals surface area contributed by atoms with Gasteiger partial charge in [0.2, 0.25) is 17.7 Å². The van der Waals surface area contributed by atoms with Gasteiger partial charge in [-0.3, -0.25) is 19.3 Å². The second-order valence-electron chi connectivity index (χ2n) is 7.68. The van der Waals surface area contributed by atoms with E-state index >= 15 is 0 Å². The number of nitrogens with one attached hydrogen (secondary N) is 1. The van der Waals surface area contributed by atoms with Crippen LogP contribution in [0.25, 0.3) is 0 Å². The molecule has 1 aliphatic heterocycles. The molecule has 5 heteroatoms. The number of imide groups is 1. The normalized spacial score (nSPS) is 37.0. The summed E-state index contributed by atoms with van der Waals surface area (Å²) in [4.78, 5) is 39.1. The van der Waals surface area contributed by atoms with Crippen molar-refractivity contribution in [1.29, 1.82) is 0 Å². The smallest absolute Gasteiger partial charge is 0.240 e. The Kier molecular flexibility index (Phi) is 3.14. The summed E-state index contributed by atoms with van der Waals surface area (Å²) in [6, 6.07) is 9.59. The number of allylic oxidation sites excluding steroid dienone is 2. The fraction of sp³-hybridized carbons (Fsp3) is 0.450. The number of rotatable bonds is 4. The summed E-state index contributed by atoms with van der Waals surface area (Å²) in [5.41, 5.74) is 0.992. The van der Waals surface area contributed by atoms with Crippen LogP contribution < -0.4 is 5.32 Å². The van der Waals surface area contributed by atoms with Gasteiger partial charge in [-0.05, 0) is 35.7 Å². The Labute approximate surface area is 146 Å². The van der Waals surface area contributed by atoms with Gasteiger partial charge in [0.25, 0.3) is 0 Å². The molecule has 5 aliphatic rings. The molecule has 1 saturated heterocycles. The molecule has 3 amide bonds. The molecule has 0 unspecified atom stereocenters. The van der Waals surface area contributed by atoms with E-state index in [0.717, 1.165) is 12.0 Å². The van der Waals surface area contributed by atoms with Crippen molar-refractivity contribution < 1.29 is 14.4 Å². The summed E-state index contributed by atoms with van der Waals surface area (Å²) in [6.45, 7) is 0.242. The third-order valence-corrected chi connectivity index (χ3v) is 6.39. The molecule has 4 aliphatic carbocycles. The molecule has 1 N–H and O–H groups in total.